The summed E-state index contributed by atoms with van der Waals surface area (Å²) in [4.78, 5) is 8.90. The molecule has 3 nitrogen and oxygen atoms in total. The number of carboxylic acids is 1. The highest BCUT2D eigenvalue weighted by atomic mass is 19.4. The number of hydrogen-bond acceptors (Lipinski definition) is 2. The van der Waals surface area contributed by atoms with Gasteiger partial charge in [-0.25, -0.2) is 4.79 Å². The first-order chi connectivity index (χ1) is 5.59. The van der Waals surface area contributed by atoms with Gasteiger partial charge < -0.3 is 11.3 Å². The predicted octanol–water partition coefficient (Wildman–Crippen LogP) is 3.09. The number of carbonyl (C=O) groups is 1. The molecule has 0 bridgehead atoms. The number of carboxylic acid groups (broad SMARTS) is 1. The molecule has 0 aliphatic heterocycles. The molecule has 0 unspecified atom stereocenters. The molecule has 0 aliphatic carbocycles. The van der Waals surface area contributed by atoms with Crippen LogP contribution in [-0.4, -0.2) is 17.3 Å². The number of halogens is 3. The van der Waals surface area contributed by atoms with Gasteiger partial charge in [-0.15, -0.1) is 0 Å². The zero-order chi connectivity index (χ0) is 11.2. The lowest BCUT2D eigenvalue weighted by atomic mass is 10.0. The second-order valence-electron chi connectivity index (χ2n) is 3.29. The second kappa shape index (κ2) is 7.61. The number of aliphatic carboxylic acids is 1. The third-order valence-electron chi connectivity index (χ3n) is 1.58. The first kappa shape index (κ1) is 18.9. The molecule has 0 aromatic heterocycles. The number of alkyl halides is 3. The van der Waals surface area contributed by atoms with Crippen molar-refractivity contribution >= 4 is 5.97 Å². The van der Waals surface area contributed by atoms with Gasteiger partial charge in [0.1, 0.15) is 0 Å². The molecule has 0 radical (unpaired) electrons. The van der Waals surface area contributed by atoms with Crippen molar-refractivity contribution in [2.75, 3.05) is 0 Å². The van der Waals surface area contributed by atoms with Gasteiger partial charge in [0.25, 0.3) is 0 Å². The number of rotatable bonds is 1. The Hall–Kier alpha value is -0.780. The Bertz CT molecular complexity index is 149. The van der Waals surface area contributed by atoms with E-state index in [1.54, 1.807) is 0 Å². The van der Waals surface area contributed by atoms with E-state index in [0.29, 0.717) is 0 Å². The van der Waals surface area contributed by atoms with E-state index in [-0.39, 0.29) is 6.15 Å². The topological polar surface area (TPSA) is 72.3 Å². The molecule has 0 saturated heterocycles. The van der Waals surface area contributed by atoms with Gasteiger partial charge >= 0.3 is 12.1 Å². The Balaban J connectivity index is -0.000000163. The van der Waals surface area contributed by atoms with Crippen molar-refractivity contribution in [3.05, 3.63) is 0 Å². The molecule has 0 rings (SSSR count). The lowest BCUT2D eigenvalue weighted by Crippen LogP contribution is -2.21. The van der Waals surface area contributed by atoms with Gasteiger partial charge in [0.2, 0.25) is 0 Å². The standard InChI is InChI=1S/C6H14.C2HF3O2.H3N/c1-5(2)6(3)4;3-2(4,5)1(6)7;/h5-6H,1-4H3;(H,6,7);1H3. The highest BCUT2D eigenvalue weighted by Crippen LogP contribution is 2.13. The SMILES string of the molecule is CC(C)C(C)C.N.O=C(O)C(F)(F)F. The summed E-state index contributed by atoms with van der Waals surface area (Å²) in [6, 6.07) is 0. The van der Waals surface area contributed by atoms with Crippen molar-refractivity contribution in [3.8, 4) is 0 Å². The maximum Gasteiger partial charge on any atom is 0.490 e. The molecule has 0 saturated carbocycles. The minimum atomic E-state index is -5.08. The highest BCUT2D eigenvalue weighted by Gasteiger charge is 2.38. The molecule has 0 aliphatic rings. The van der Waals surface area contributed by atoms with Crippen LogP contribution < -0.4 is 6.15 Å². The smallest absolute Gasteiger partial charge is 0.475 e. The molecule has 0 fully saturated rings. The molecule has 0 aromatic carbocycles. The molecule has 0 spiro atoms. The molecule has 0 atom stereocenters. The highest BCUT2D eigenvalue weighted by molar-refractivity contribution is 5.73. The van der Waals surface area contributed by atoms with Crippen LogP contribution in [0.5, 0.6) is 0 Å². The minimum Gasteiger partial charge on any atom is -0.475 e. The summed E-state index contributed by atoms with van der Waals surface area (Å²) in [5, 5.41) is 7.12. The first-order valence-electron chi connectivity index (χ1n) is 3.89. The van der Waals surface area contributed by atoms with E-state index < -0.39 is 12.1 Å². The van der Waals surface area contributed by atoms with Gasteiger partial charge in [-0.3, -0.25) is 0 Å². The normalized spacial score (nSPS) is 10.4. The van der Waals surface area contributed by atoms with Crippen molar-refractivity contribution in [2.24, 2.45) is 11.8 Å². The Morgan fingerprint density at radius 2 is 1.21 bits per heavy atom. The summed E-state index contributed by atoms with van der Waals surface area (Å²) in [6.07, 6.45) is -5.08. The molecule has 0 amide bonds. The summed E-state index contributed by atoms with van der Waals surface area (Å²) in [6.45, 7) is 8.96. The minimum absolute atomic E-state index is 0. The lowest BCUT2D eigenvalue weighted by molar-refractivity contribution is -0.192. The maximum absolute atomic E-state index is 10.6. The molecular formula is C8H18F3NO2. The van der Waals surface area contributed by atoms with E-state index in [1.165, 1.54) is 0 Å². The summed E-state index contributed by atoms with van der Waals surface area (Å²) in [5.74, 6) is -1.05. The molecule has 88 valence electrons. The van der Waals surface area contributed by atoms with E-state index in [9.17, 15) is 13.2 Å². The van der Waals surface area contributed by atoms with Crippen LogP contribution in [0, 0.1) is 11.8 Å². The monoisotopic (exact) mass is 217 g/mol. The molecular weight excluding hydrogens is 199 g/mol. The van der Waals surface area contributed by atoms with E-state index >= 15 is 0 Å². The fourth-order valence-corrected chi connectivity index (χ4v) is 0. The Morgan fingerprint density at radius 1 is 1.07 bits per heavy atom. The average molecular weight is 217 g/mol. The van der Waals surface area contributed by atoms with Crippen LogP contribution in [0.2, 0.25) is 0 Å². The molecule has 6 heteroatoms. The first-order valence-corrected chi connectivity index (χ1v) is 3.89. The quantitative estimate of drug-likeness (QED) is 0.708. The molecule has 14 heavy (non-hydrogen) atoms. The zero-order valence-electron chi connectivity index (χ0n) is 8.85. The van der Waals surface area contributed by atoms with Crippen LogP contribution in [0.1, 0.15) is 27.7 Å². The van der Waals surface area contributed by atoms with Crippen LogP contribution in [-0.2, 0) is 4.79 Å². The van der Waals surface area contributed by atoms with Gasteiger partial charge in [-0.05, 0) is 11.8 Å². The fraction of sp³-hybridized carbons (Fsp3) is 0.875. The van der Waals surface area contributed by atoms with Crippen molar-refractivity contribution < 1.29 is 23.1 Å². The van der Waals surface area contributed by atoms with E-state index in [4.69, 9.17) is 9.90 Å². The fourth-order valence-electron chi connectivity index (χ4n) is 0. The predicted molar refractivity (Wildman–Crippen MR) is 48.4 cm³/mol. The van der Waals surface area contributed by atoms with Gasteiger partial charge in [0.15, 0.2) is 0 Å². The molecule has 0 heterocycles. The summed E-state index contributed by atoms with van der Waals surface area (Å²) in [7, 11) is 0. The van der Waals surface area contributed by atoms with E-state index in [0.717, 1.165) is 11.8 Å². The molecule has 4 N–H and O–H groups in total. The van der Waals surface area contributed by atoms with Gasteiger partial charge in [-0.1, -0.05) is 27.7 Å². The van der Waals surface area contributed by atoms with Crippen molar-refractivity contribution in [3.63, 3.8) is 0 Å². The van der Waals surface area contributed by atoms with E-state index in [1.807, 2.05) is 0 Å². The van der Waals surface area contributed by atoms with Gasteiger partial charge in [0.05, 0.1) is 0 Å². The third kappa shape index (κ3) is 13.8. The lowest BCUT2D eigenvalue weighted by Gasteiger charge is -2.05. The Labute approximate surface area is 81.9 Å². The summed E-state index contributed by atoms with van der Waals surface area (Å²) < 4.78 is 31.7. The Morgan fingerprint density at radius 3 is 1.21 bits per heavy atom. The van der Waals surface area contributed by atoms with Crippen LogP contribution in [0.25, 0.3) is 0 Å². The summed E-state index contributed by atoms with van der Waals surface area (Å²) >= 11 is 0. The largest absolute Gasteiger partial charge is 0.490 e. The van der Waals surface area contributed by atoms with Crippen LogP contribution >= 0.6 is 0 Å². The van der Waals surface area contributed by atoms with Crippen molar-refractivity contribution in [1.82, 2.24) is 6.15 Å². The Kier molecular flexibility index (Phi) is 10.3. The van der Waals surface area contributed by atoms with Gasteiger partial charge in [0, 0.05) is 0 Å². The van der Waals surface area contributed by atoms with Crippen LogP contribution in [0.3, 0.4) is 0 Å². The number of hydrogen-bond donors (Lipinski definition) is 2. The summed E-state index contributed by atoms with van der Waals surface area (Å²) in [5.41, 5.74) is 0. The maximum atomic E-state index is 10.6. The van der Waals surface area contributed by atoms with Crippen molar-refractivity contribution in [2.45, 2.75) is 33.9 Å². The van der Waals surface area contributed by atoms with Crippen molar-refractivity contribution in [1.29, 1.82) is 0 Å². The molecule has 0 aromatic rings. The third-order valence-corrected chi connectivity index (χ3v) is 1.58. The van der Waals surface area contributed by atoms with E-state index in [2.05, 4.69) is 27.7 Å². The second-order valence-corrected chi connectivity index (χ2v) is 3.29. The zero-order valence-corrected chi connectivity index (χ0v) is 8.85. The average Bonchev–Trinajstić information content (AvgIpc) is 1.86. The van der Waals surface area contributed by atoms with Crippen LogP contribution in [0.4, 0.5) is 13.2 Å². The van der Waals surface area contributed by atoms with Crippen LogP contribution in [0.15, 0.2) is 0 Å². The van der Waals surface area contributed by atoms with Gasteiger partial charge in [-0.2, -0.15) is 13.2 Å².